The Bertz CT molecular complexity index is 1480. The van der Waals surface area contributed by atoms with Crippen LogP contribution in [0.15, 0.2) is 69.9 Å². The van der Waals surface area contributed by atoms with Crippen molar-refractivity contribution in [3.05, 3.63) is 86.7 Å². The summed E-state index contributed by atoms with van der Waals surface area (Å²) < 4.78 is 15.1. The number of benzene rings is 2. The van der Waals surface area contributed by atoms with E-state index >= 15 is 0 Å². The largest absolute Gasteiger partial charge is 0.493 e. The van der Waals surface area contributed by atoms with Gasteiger partial charge in [0, 0.05) is 12.6 Å². The number of carbonyl (C=O) groups is 1. The molecule has 1 amide bonds. The van der Waals surface area contributed by atoms with Crippen LogP contribution in [0.2, 0.25) is 0 Å². The van der Waals surface area contributed by atoms with Crippen molar-refractivity contribution in [1.29, 1.82) is 0 Å². The van der Waals surface area contributed by atoms with Crippen molar-refractivity contribution >= 4 is 46.0 Å². The zero-order valence-electron chi connectivity index (χ0n) is 19.6. The van der Waals surface area contributed by atoms with Crippen molar-refractivity contribution in [2.75, 3.05) is 12.0 Å². The fourth-order valence-corrected chi connectivity index (χ4v) is 5.53. The summed E-state index contributed by atoms with van der Waals surface area (Å²) in [7, 11) is 3.39. The Balaban J connectivity index is 1.54. The van der Waals surface area contributed by atoms with Crippen LogP contribution in [0.25, 0.3) is 11.8 Å². The van der Waals surface area contributed by atoms with E-state index in [0.29, 0.717) is 32.1 Å². The molecule has 0 radical (unpaired) electrons. The number of amides is 1. The maximum Gasteiger partial charge on any atom is 0.296 e. The van der Waals surface area contributed by atoms with Crippen LogP contribution in [0, 0.1) is 6.92 Å². The molecule has 0 N–H and O–H groups in total. The molecular weight excluding hydrogens is 482 g/mol. The standard InChI is InChI=1S/C26H23N3O4S2/c1-15-22(25(31)29(27(15)3)19-10-6-5-7-11-19)28-24(30)21(35-26(28)34)14-18-13-17-9-8-12-20(32-4)23(17)33-16(18)2/h5-14,16H,1-4H3. The van der Waals surface area contributed by atoms with Crippen LogP contribution in [0.1, 0.15) is 18.2 Å². The SMILES string of the molecule is COc1cccc2c1OC(C)C(C=C1SC(=S)N(c3c(C)n(C)n(-c4ccccc4)c3=O)C1=O)=C2. The van der Waals surface area contributed by atoms with Gasteiger partial charge in [0.1, 0.15) is 11.8 Å². The number of nitrogens with zero attached hydrogens (tertiary/aromatic N) is 3. The quantitative estimate of drug-likeness (QED) is 0.381. The third-order valence-electron chi connectivity index (χ3n) is 6.15. The minimum Gasteiger partial charge on any atom is -0.493 e. The van der Waals surface area contributed by atoms with Gasteiger partial charge < -0.3 is 9.47 Å². The molecule has 1 saturated heterocycles. The summed E-state index contributed by atoms with van der Waals surface area (Å²) in [4.78, 5) is 28.7. The van der Waals surface area contributed by atoms with Gasteiger partial charge in [0.25, 0.3) is 11.5 Å². The van der Waals surface area contributed by atoms with Gasteiger partial charge in [0.15, 0.2) is 15.8 Å². The Kier molecular flexibility index (Phi) is 5.90. The molecule has 1 aromatic heterocycles. The van der Waals surface area contributed by atoms with Crippen molar-refractivity contribution in [3.8, 4) is 17.2 Å². The van der Waals surface area contributed by atoms with E-state index < -0.39 is 0 Å². The van der Waals surface area contributed by atoms with Gasteiger partial charge in [-0.1, -0.05) is 54.3 Å². The van der Waals surface area contributed by atoms with E-state index in [-0.39, 0.29) is 23.3 Å². The fraction of sp³-hybridized carbons (Fsp3) is 0.192. The normalized spacial score (nSPS) is 18.5. The average Bonchev–Trinajstić information content (AvgIpc) is 3.24. The zero-order chi connectivity index (χ0) is 24.9. The summed E-state index contributed by atoms with van der Waals surface area (Å²) in [6.45, 7) is 3.72. The first-order valence-electron chi connectivity index (χ1n) is 11.0. The van der Waals surface area contributed by atoms with Crippen LogP contribution >= 0.6 is 24.0 Å². The topological polar surface area (TPSA) is 65.7 Å². The number of methoxy groups -OCH3 is 1. The number of ether oxygens (including phenoxy) is 2. The molecule has 2 aromatic carbocycles. The summed E-state index contributed by atoms with van der Waals surface area (Å²) in [5.74, 6) is 1.01. The first kappa shape index (κ1) is 23.2. The Morgan fingerprint density at radius 1 is 1.11 bits per heavy atom. The second-order valence-electron chi connectivity index (χ2n) is 8.21. The predicted octanol–water partition coefficient (Wildman–Crippen LogP) is 4.61. The van der Waals surface area contributed by atoms with Gasteiger partial charge in [-0.05, 0) is 49.8 Å². The molecule has 1 unspecified atom stereocenters. The molecule has 1 atom stereocenters. The van der Waals surface area contributed by atoms with E-state index in [9.17, 15) is 9.59 Å². The van der Waals surface area contributed by atoms with E-state index in [1.807, 2.05) is 68.5 Å². The van der Waals surface area contributed by atoms with Crippen LogP contribution < -0.4 is 19.9 Å². The lowest BCUT2D eigenvalue weighted by atomic mass is 10.0. The first-order chi connectivity index (χ1) is 16.8. The van der Waals surface area contributed by atoms with Crippen LogP contribution in [0.5, 0.6) is 11.5 Å². The van der Waals surface area contributed by atoms with Crippen molar-refractivity contribution < 1.29 is 14.3 Å². The highest BCUT2D eigenvalue weighted by molar-refractivity contribution is 8.27. The zero-order valence-corrected chi connectivity index (χ0v) is 21.3. The predicted molar refractivity (Wildman–Crippen MR) is 143 cm³/mol. The van der Waals surface area contributed by atoms with Crippen LogP contribution in [0.4, 0.5) is 5.69 Å². The molecular formula is C26H23N3O4S2. The molecule has 9 heteroatoms. The number of anilines is 1. The maximum atomic E-state index is 13.5. The Labute approximate surface area is 212 Å². The van der Waals surface area contributed by atoms with Gasteiger partial charge >= 0.3 is 0 Å². The summed E-state index contributed by atoms with van der Waals surface area (Å²) >= 11 is 6.74. The number of thiocarbonyl (C=S) groups is 1. The van der Waals surface area contributed by atoms with Crippen molar-refractivity contribution in [2.45, 2.75) is 20.0 Å². The molecule has 35 heavy (non-hydrogen) atoms. The van der Waals surface area contributed by atoms with E-state index in [1.54, 1.807) is 24.9 Å². The van der Waals surface area contributed by atoms with Crippen molar-refractivity contribution in [2.24, 2.45) is 7.05 Å². The molecule has 7 nitrogen and oxygen atoms in total. The first-order valence-corrected chi connectivity index (χ1v) is 12.2. The molecule has 0 saturated carbocycles. The molecule has 1 fully saturated rings. The molecule has 3 aromatic rings. The fourth-order valence-electron chi connectivity index (χ4n) is 4.26. The highest BCUT2D eigenvalue weighted by Gasteiger charge is 2.38. The van der Waals surface area contributed by atoms with Crippen LogP contribution in [-0.4, -0.2) is 32.8 Å². The summed E-state index contributed by atoms with van der Waals surface area (Å²) in [6, 6.07) is 15.0. The van der Waals surface area contributed by atoms with Gasteiger partial charge in [0.2, 0.25) is 0 Å². The monoisotopic (exact) mass is 505 g/mol. The van der Waals surface area contributed by atoms with Crippen molar-refractivity contribution in [1.82, 2.24) is 9.36 Å². The van der Waals surface area contributed by atoms with E-state index in [4.69, 9.17) is 21.7 Å². The molecule has 0 spiro atoms. The Morgan fingerprint density at radius 2 is 1.86 bits per heavy atom. The van der Waals surface area contributed by atoms with E-state index in [2.05, 4.69) is 0 Å². The molecule has 2 aliphatic heterocycles. The minimum atomic E-state index is -0.324. The Hall–Kier alpha value is -3.56. The average molecular weight is 506 g/mol. The third kappa shape index (κ3) is 3.81. The number of hydrogen-bond acceptors (Lipinski definition) is 6. The third-order valence-corrected chi connectivity index (χ3v) is 7.46. The molecule has 0 aliphatic carbocycles. The molecule has 178 valence electrons. The van der Waals surface area contributed by atoms with E-state index in [1.165, 1.54) is 21.3 Å². The lowest BCUT2D eigenvalue weighted by Gasteiger charge is -2.24. The molecule has 5 rings (SSSR count). The van der Waals surface area contributed by atoms with Gasteiger partial charge in [-0.15, -0.1) is 0 Å². The van der Waals surface area contributed by atoms with Crippen molar-refractivity contribution in [3.63, 3.8) is 0 Å². The number of thioether (sulfide) groups is 1. The smallest absolute Gasteiger partial charge is 0.296 e. The second-order valence-corrected chi connectivity index (χ2v) is 9.89. The van der Waals surface area contributed by atoms with Crippen LogP contribution in [0.3, 0.4) is 0 Å². The number of fused-ring (bicyclic) bond motifs is 1. The molecule has 3 heterocycles. The van der Waals surface area contributed by atoms with Gasteiger partial charge in [-0.3, -0.25) is 19.2 Å². The Morgan fingerprint density at radius 3 is 2.57 bits per heavy atom. The molecule has 0 bridgehead atoms. The summed E-state index contributed by atoms with van der Waals surface area (Å²) in [5, 5.41) is 0. The summed E-state index contributed by atoms with van der Waals surface area (Å²) in [5.41, 5.74) is 3.02. The number of rotatable bonds is 4. The highest BCUT2D eigenvalue weighted by Crippen LogP contribution is 2.40. The lowest BCUT2D eigenvalue weighted by molar-refractivity contribution is -0.113. The lowest BCUT2D eigenvalue weighted by Crippen LogP contribution is -2.33. The second kappa shape index (κ2) is 8.90. The van der Waals surface area contributed by atoms with Crippen LogP contribution in [-0.2, 0) is 11.8 Å². The van der Waals surface area contributed by atoms with E-state index in [0.717, 1.165) is 11.1 Å². The molecule has 2 aliphatic rings. The number of hydrogen-bond donors (Lipinski definition) is 0. The number of para-hydroxylation sites is 2. The highest BCUT2D eigenvalue weighted by atomic mass is 32.2. The van der Waals surface area contributed by atoms with Gasteiger partial charge in [-0.25, -0.2) is 4.68 Å². The summed E-state index contributed by atoms with van der Waals surface area (Å²) in [6.07, 6.45) is 3.48. The maximum absolute atomic E-state index is 13.5. The minimum absolute atomic E-state index is 0.263. The number of carbonyl (C=O) groups excluding carboxylic acids is 1. The van der Waals surface area contributed by atoms with Gasteiger partial charge in [0.05, 0.1) is 23.4 Å². The van der Waals surface area contributed by atoms with Gasteiger partial charge in [-0.2, -0.15) is 0 Å². The number of aromatic nitrogens is 2.